The van der Waals surface area contributed by atoms with Crippen LogP contribution in [0.25, 0.3) is 0 Å². The predicted octanol–water partition coefficient (Wildman–Crippen LogP) is 3.30. The van der Waals surface area contributed by atoms with Crippen LogP contribution in [-0.4, -0.2) is 35.8 Å². The molecule has 7 heteroatoms. The molecule has 0 aromatic heterocycles. The lowest BCUT2D eigenvalue weighted by atomic mass is 9.95. The number of anilines is 1. The van der Waals surface area contributed by atoms with Gasteiger partial charge in [-0.3, -0.25) is 9.59 Å². The molecule has 0 fully saturated rings. The minimum atomic E-state index is -0.435. The summed E-state index contributed by atoms with van der Waals surface area (Å²) < 4.78 is 0. The fourth-order valence-corrected chi connectivity index (χ4v) is 3.32. The van der Waals surface area contributed by atoms with Crippen LogP contribution in [0, 0.1) is 11.3 Å². The number of carbonyl (C=O) groups excluding carboxylic acids is 2. The fraction of sp³-hybridized carbons (Fsp3) is 0.261. The van der Waals surface area contributed by atoms with Crippen molar-refractivity contribution in [2.45, 2.75) is 25.8 Å². The largest absolute Gasteiger partial charge is 0.505 e. The molecule has 0 saturated heterocycles. The highest BCUT2D eigenvalue weighted by atomic mass is 16.3. The van der Waals surface area contributed by atoms with Gasteiger partial charge in [-0.05, 0) is 24.1 Å². The molecule has 0 spiro atoms. The zero-order chi connectivity index (χ0) is 21.8. The summed E-state index contributed by atoms with van der Waals surface area (Å²) in [5.74, 6) is -0.841. The number of hydrogen-bond acceptors (Lipinski definition) is 6. The van der Waals surface area contributed by atoms with E-state index in [9.17, 15) is 20.0 Å². The number of rotatable bonds is 7. The van der Waals surface area contributed by atoms with Crippen molar-refractivity contribution in [2.75, 3.05) is 19.4 Å². The quantitative estimate of drug-likeness (QED) is 0.612. The fourth-order valence-electron chi connectivity index (χ4n) is 3.32. The van der Waals surface area contributed by atoms with Crippen LogP contribution < -0.4 is 10.6 Å². The van der Waals surface area contributed by atoms with Crippen molar-refractivity contribution >= 4 is 17.4 Å². The number of nitrogens with zero attached hydrogens (tertiary/aromatic N) is 2. The molecule has 30 heavy (non-hydrogen) atoms. The Hall–Kier alpha value is -3.79. The topological polar surface area (TPSA) is 105 Å². The van der Waals surface area contributed by atoms with Gasteiger partial charge >= 0.3 is 0 Å². The molecule has 2 aromatic carbocycles. The lowest BCUT2D eigenvalue weighted by Gasteiger charge is -2.29. The Labute approximate surface area is 175 Å². The average Bonchev–Trinajstić information content (AvgIpc) is 2.75. The summed E-state index contributed by atoms with van der Waals surface area (Å²) in [6.07, 6.45) is 1.08. The van der Waals surface area contributed by atoms with Crippen LogP contribution in [0.5, 0.6) is 5.75 Å². The molecule has 0 bridgehead atoms. The third-order valence-corrected chi connectivity index (χ3v) is 5.01. The van der Waals surface area contributed by atoms with Crippen molar-refractivity contribution in [1.29, 1.82) is 5.26 Å². The van der Waals surface area contributed by atoms with Crippen molar-refractivity contribution in [1.82, 2.24) is 10.2 Å². The molecule has 3 N–H and O–H groups in total. The van der Waals surface area contributed by atoms with Gasteiger partial charge in [0.2, 0.25) is 0 Å². The van der Waals surface area contributed by atoms with Gasteiger partial charge < -0.3 is 20.6 Å². The number of benzene rings is 2. The SMILES string of the molecule is CC[C@@H](NC1=C(Nc2cc(C#N)cc(C(=O)N(C)C)c2O)C(=O)C1)c1ccccc1. The molecule has 0 unspecified atom stereocenters. The number of carbonyl (C=O) groups is 2. The first kappa shape index (κ1) is 20.9. The molecule has 0 heterocycles. The Kier molecular flexibility index (Phi) is 6.07. The third-order valence-electron chi connectivity index (χ3n) is 5.01. The second kappa shape index (κ2) is 8.70. The maximum Gasteiger partial charge on any atom is 0.257 e. The highest BCUT2D eigenvalue weighted by Crippen LogP contribution is 2.34. The number of nitrogens with one attached hydrogen (secondary N) is 2. The third kappa shape index (κ3) is 4.13. The van der Waals surface area contributed by atoms with Gasteiger partial charge in [-0.2, -0.15) is 5.26 Å². The van der Waals surface area contributed by atoms with Crippen LogP contribution >= 0.6 is 0 Å². The molecule has 1 aliphatic carbocycles. The van der Waals surface area contributed by atoms with E-state index in [2.05, 4.69) is 17.6 Å². The molecule has 0 saturated carbocycles. The summed E-state index contributed by atoms with van der Waals surface area (Å²) in [7, 11) is 3.12. The van der Waals surface area contributed by atoms with Crippen molar-refractivity contribution in [3.63, 3.8) is 0 Å². The van der Waals surface area contributed by atoms with E-state index in [-0.39, 0.29) is 40.8 Å². The maximum absolute atomic E-state index is 12.4. The van der Waals surface area contributed by atoms with Crippen molar-refractivity contribution in [3.8, 4) is 11.8 Å². The zero-order valence-corrected chi connectivity index (χ0v) is 17.2. The number of aromatic hydroxyl groups is 1. The van der Waals surface area contributed by atoms with Gasteiger partial charge in [-0.25, -0.2) is 0 Å². The van der Waals surface area contributed by atoms with E-state index in [0.29, 0.717) is 5.70 Å². The van der Waals surface area contributed by atoms with Gasteiger partial charge in [0.1, 0.15) is 5.70 Å². The molecule has 0 radical (unpaired) electrons. The van der Waals surface area contributed by atoms with E-state index in [1.165, 1.54) is 17.0 Å². The Morgan fingerprint density at radius 3 is 2.53 bits per heavy atom. The Morgan fingerprint density at radius 1 is 1.27 bits per heavy atom. The summed E-state index contributed by atoms with van der Waals surface area (Å²) >= 11 is 0. The molecule has 0 aliphatic heterocycles. The highest BCUT2D eigenvalue weighted by molar-refractivity contribution is 6.07. The van der Waals surface area contributed by atoms with Crippen LogP contribution in [0.4, 0.5) is 5.69 Å². The van der Waals surface area contributed by atoms with Gasteiger partial charge in [0, 0.05) is 19.8 Å². The number of amides is 1. The Balaban J connectivity index is 1.92. The van der Waals surface area contributed by atoms with E-state index in [1.807, 2.05) is 36.4 Å². The van der Waals surface area contributed by atoms with Crippen LogP contribution in [0.3, 0.4) is 0 Å². The summed E-state index contributed by atoms with van der Waals surface area (Å²) in [6.45, 7) is 2.06. The monoisotopic (exact) mass is 404 g/mol. The second-order valence-corrected chi connectivity index (χ2v) is 7.33. The standard InChI is InChI=1S/C23H24N4O3/c1-4-17(15-8-6-5-7-9-15)25-18-12-20(28)21(18)26-19-11-14(13-24)10-16(22(19)29)23(30)27(2)3/h5-11,17,25-26,29H,4,12H2,1-3H3/t17-/m1/s1. The molecule has 1 aliphatic rings. The lowest BCUT2D eigenvalue weighted by Crippen LogP contribution is -2.34. The number of nitriles is 1. The first-order valence-corrected chi connectivity index (χ1v) is 9.69. The first-order valence-electron chi connectivity index (χ1n) is 9.69. The van der Waals surface area contributed by atoms with Crippen LogP contribution in [-0.2, 0) is 4.79 Å². The van der Waals surface area contributed by atoms with Gasteiger partial charge in [-0.15, -0.1) is 0 Å². The highest BCUT2D eigenvalue weighted by Gasteiger charge is 2.30. The number of phenols is 1. The van der Waals surface area contributed by atoms with Gasteiger partial charge in [0.25, 0.3) is 5.91 Å². The zero-order valence-electron chi connectivity index (χ0n) is 17.2. The Morgan fingerprint density at radius 2 is 1.97 bits per heavy atom. The first-order chi connectivity index (χ1) is 14.3. The van der Waals surface area contributed by atoms with Crippen LogP contribution in [0.15, 0.2) is 53.9 Å². The molecular formula is C23H24N4O3. The number of hydrogen-bond donors (Lipinski definition) is 3. The maximum atomic E-state index is 12.4. The molecular weight excluding hydrogens is 380 g/mol. The van der Waals surface area contributed by atoms with E-state index >= 15 is 0 Å². The minimum absolute atomic E-state index is 0.000785. The van der Waals surface area contributed by atoms with Crippen LogP contribution in [0.1, 0.15) is 47.3 Å². The van der Waals surface area contributed by atoms with E-state index in [4.69, 9.17) is 0 Å². The number of phenolic OH excluding ortho intramolecular Hbond substituents is 1. The van der Waals surface area contributed by atoms with E-state index in [0.717, 1.165) is 17.7 Å². The molecule has 1 amide bonds. The van der Waals surface area contributed by atoms with Gasteiger partial charge in [0.15, 0.2) is 11.5 Å². The molecule has 1 atom stereocenters. The van der Waals surface area contributed by atoms with Gasteiger partial charge in [-0.1, -0.05) is 37.3 Å². The molecule has 3 rings (SSSR count). The Bertz CT molecular complexity index is 1050. The van der Waals surface area contributed by atoms with E-state index < -0.39 is 5.91 Å². The second-order valence-electron chi connectivity index (χ2n) is 7.33. The molecule has 2 aromatic rings. The smallest absolute Gasteiger partial charge is 0.257 e. The number of Topliss-reactive ketones (excluding diaryl/α,β-unsaturated/α-hetero) is 1. The number of ketones is 1. The minimum Gasteiger partial charge on any atom is -0.505 e. The number of allylic oxidation sites excluding steroid dienone is 2. The average molecular weight is 404 g/mol. The summed E-state index contributed by atoms with van der Waals surface area (Å²) in [6, 6.07) is 14.7. The van der Waals surface area contributed by atoms with Crippen molar-refractivity contribution in [3.05, 3.63) is 70.5 Å². The predicted molar refractivity (Wildman–Crippen MR) is 114 cm³/mol. The summed E-state index contributed by atoms with van der Waals surface area (Å²) in [4.78, 5) is 25.9. The van der Waals surface area contributed by atoms with E-state index in [1.54, 1.807) is 14.1 Å². The summed E-state index contributed by atoms with van der Waals surface area (Å²) in [5, 5.41) is 26.2. The molecule has 154 valence electrons. The lowest BCUT2D eigenvalue weighted by molar-refractivity contribution is -0.116. The van der Waals surface area contributed by atoms with Gasteiger partial charge in [0.05, 0.1) is 35.3 Å². The summed E-state index contributed by atoms with van der Waals surface area (Å²) in [5.41, 5.74) is 2.53. The molecule has 7 nitrogen and oxygen atoms in total. The van der Waals surface area contributed by atoms with Crippen molar-refractivity contribution in [2.24, 2.45) is 0 Å². The normalized spacial score (nSPS) is 13.9. The van der Waals surface area contributed by atoms with Crippen LogP contribution in [0.2, 0.25) is 0 Å². The van der Waals surface area contributed by atoms with Crippen molar-refractivity contribution < 1.29 is 14.7 Å².